The first-order valence-corrected chi connectivity index (χ1v) is 7.26. The largest absolute Gasteiger partial charge is 0.376 e. The maximum atomic E-state index is 11.4. The topological polar surface area (TPSA) is 115 Å². The second-order valence-corrected chi connectivity index (χ2v) is 5.06. The lowest BCUT2D eigenvalue weighted by molar-refractivity contribution is -0.383. The average Bonchev–Trinajstić information content (AvgIpc) is 3.07. The molecule has 3 heterocycles. The third-order valence-electron chi connectivity index (χ3n) is 3.45. The van der Waals surface area contributed by atoms with Gasteiger partial charge in [-0.05, 0) is 25.0 Å². The van der Waals surface area contributed by atoms with Crippen LogP contribution in [-0.4, -0.2) is 39.1 Å². The Morgan fingerprint density at radius 1 is 1.39 bits per heavy atom. The van der Waals surface area contributed by atoms with E-state index in [0.717, 1.165) is 19.4 Å². The number of hydrogen-bond donors (Lipinski definition) is 2. The lowest BCUT2D eigenvalue weighted by Gasteiger charge is -2.12. The van der Waals surface area contributed by atoms with Gasteiger partial charge >= 0.3 is 5.69 Å². The van der Waals surface area contributed by atoms with Gasteiger partial charge in [0.05, 0.1) is 22.9 Å². The highest BCUT2D eigenvalue weighted by molar-refractivity contribution is 5.73. The summed E-state index contributed by atoms with van der Waals surface area (Å²) in [5, 5.41) is 17.3. The fourth-order valence-electron chi connectivity index (χ4n) is 2.36. The quantitative estimate of drug-likeness (QED) is 0.615. The molecule has 0 aliphatic carbocycles. The zero-order valence-corrected chi connectivity index (χ0v) is 12.3. The molecule has 1 aliphatic rings. The average molecular weight is 316 g/mol. The van der Waals surface area contributed by atoms with E-state index in [1.807, 2.05) is 0 Å². The van der Waals surface area contributed by atoms with Crippen LogP contribution in [-0.2, 0) is 4.74 Å². The van der Waals surface area contributed by atoms with Crippen LogP contribution in [0.3, 0.4) is 0 Å². The highest BCUT2D eigenvalue weighted by Crippen LogP contribution is 2.31. The molecule has 9 nitrogen and oxygen atoms in total. The minimum absolute atomic E-state index is 0.0549. The third-order valence-corrected chi connectivity index (χ3v) is 3.45. The van der Waals surface area contributed by atoms with Crippen molar-refractivity contribution >= 4 is 23.0 Å². The van der Waals surface area contributed by atoms with Crippen LogP contribution >= 0.6 is 0 Å². The summed E-state index contributed by atoms with van der Waals surface area (Å²) in [6.45, 7) is 1.20. The van der Waals surface area contributed by atoms with Gasteiger partial charge in [0.2, 0.25) is 11.6 Å². The van der Waals surface area contributed by atoms with Gasteiger partial charge in [-0.1, -0.05) is 0 Å². The fourth-order valence-corrected chi connectivity index (χ4v) is 2.36. The minimum Gasteiger partial charge on any atom is -0.376 e. The summed E-state index contributed by atoms with van der Waals surface area (Å²) < 4.78 is 5.50. The van der Waals surface area contributed by atoms with Gasteiger partial charge in [0, 0.05) is 19.3 Å². The molecule has 120 valence electrons. The molecule has 1 saturated heterocycles. The Kier molecular flexibility index (Phi) is 4.57. The fraction of sp³-hybridized carbons (Fsp3) is 0.357. The molecule has 1 unspecified atom stereocenters. The van der Waals surface area contributed by atoms with E-state index in [-0.39, 0.29) is 23.4 Å². The van der Waals surface area contributed by atoms with Gasteiger partial charge in [-0.25, -0.2) is 9.97 Å². The summed E-state index contributed by atoms with van der Waals surface area (Å²) in [6.07, 6.45) is 6.46. The predicted octanol–water partition coefficient (Wildman–Crippen LogP) is 2.11. The molecular weight excluding hydrogens is 300 g/mol. The van der Waals surface area contributed by atoms with E-state index < -0.39 is 4.92 Å². The van der Waals surface area contributed by atoms with Crippen LogP contribution in [0.2, 0.25) is 0 Å². The molecule has 2 aromatic heterocycles. The lowest BCUT2D eigenvalue weighted by Crippen LogP contribution is -2.20. The van der Waals surface area contributed by atoms with E-state index in [4.69, 9.17) is 4.74 Å². The molecule has 2 aromatic rings. The SMILES string of the molecule is O=[N+]([O-])c1c(NCC2CCCO2)ncnc1Nc1cccnc1. The highest BCUT2D eigenvalue weighted by atomic mass is 16.6. The van der Waals surface area contributed by atoms with E-state index in [1.54, 1.807) is 24.5 Å². The number of nitrogens with zero attached hydrogens (tertiary/aromatic N) is 4. The van der Waals surface area contributed by atoms with Gasteiger partial charge < -0.3 is 15.4 Å². The van der Waals surface area contributed by atoms with Gasteiger partial charge in [0.25, 0.3) is 0 Å². The van der Waals surface area contributed by atoms with E-state index >= 15 is 0 Å². The van der Waals surface area contributed by atoms with Crippen LogP contribution in [0.15, 0.2) is 30.9 Å². The molecule has 1 fully saturated rings. The molecule has 0 aromatic carbocycles. The summed E-state index contributed by atoms with van der Waals surface area (Å²) in [6, 6.07) is 3.48. The first-order valence-electron chi connectivity index (χ1n) is 7.26. The summed E-state index contributed by atoms with van der Waals surface area (Å²) in [5.41, 5.74) is 0.411. The van der Waals surface area contributed by atoms with Crippen LogP contribution in [0.25, 0.3) is 0 Å². The number of anilines is 3. The molecule has 1 aliphatic heterocycles. The molecule has 0 amide bonds. The summed E-state index contributed by atoms with van der Waals surface area (Å²) in [7, 11) is 0. The van der Waals surface area contributed by atoms with E-state index in [1.165, 1.54) is 6.33 Å². The number of pyridine rings is 1. The summed E-state index contributed by atoms with van der Waals surface area (Å²) in [5.74, 6) is 0.291. The molecular formula is C14H16N6O3. The standard InChI is InChI=1S/C14H16N6O3/c21-20(22)12-13(16-8-11-4-2-6-23-11)17-9-18-14(12)19-10-3-1-5-15-7-10/h1,3,5,7,9,11H,2,4,6,8H2,(H2,16,17,18,19). The number of aromatic nitrogens is 3. The van der Waals surface area contributed by atoms with Crippen LogP contribution in [0.1, 0.15) is 12.8 Å². The van der Waals surface area contributed by atoms with E-state index in [0.29, 0.717) is 12.2 Å². The monoisotopic (exact) mass is 316 g/mol. The Balaban J connectivity index is 1.81. The molecule has 0 bridgehead atoms. The Hall–Kier alpha value is -2.81. The van der Waals surface area contributed by atoms with Gasteiger partial charge in [0.1, 0.15) is 6.33 Å². The van der Waals surface area contributed by atoms with E-state index in [2.05, 4.69) is 25.6 Å². The van der Waals surface area contributed by atoms with Gasteiger partial charge in [-0.2, -0.15) is 0 Å². The second-order valence-electron chi connectivity index (χ2n) is 5.06. The summed E-state index contributed by atoms with van der Waals surface area (Å²) >= 11 is 0. The van der Waals surface area contributed by atoms with Crippen molar-refractivity contribution in [2.24, 2.45) is 0 Å². The first kappa shape index (κ1) is 15.1. The molecule has 1 atom stereocenters. The number of nitrogens with one attached hydrogen (secondary N) is 2. The maximum absolute atomic E-state index is 11.4. The summed E-state index contributed by atoms with van der Waals surface area (Å²) in [4.78, 5) is 22.8. The third kappa shape index (κ3) is 3.69. The van der Waals surface area contributed by atoms with Crippen LogP contribution in [0, 0.1) is 10.1 Å². The Bertz CT molecular complexity index is 675. The van der Waals surface area contributed by atoms with Crippen molar-refractivity contribution in [3.05, 3.63) is 41.0 Å². The van der Waals surface area contributed by atoms with Crippen molar-refractivity contribution in [2.75, 3.05) is 23.8 Å². The highest BCUT2D eigenvalue weighted by Gasteiger charge is 2.24. The van der Waals surface area contributed by atoms with Crippen LogP contribution in [0.4, 0.5) is 23.0 Å². The van der Waals surface area contributed by atoms with Gasteiger partial charge in [-0.15, -0.1) is 0 Å². The van der Waals surface area contributed by atoms with Crippen molar-refractivity contribution in [1.29, 1.82) is 0 Å². The number of hydrogen-bond acceptors (Lipinski definition) is 8. The van der Waals surface area contributed by atoms with Crippen LogP contribution in [0.5, 0.6) is 0 Å². The zero-order valence-electron chi connectivity index (χ0n) is 12.3. The Morgan fingerprint density at radius 2 is 2.26 bits per heavy atom. The molecule has 2 N–H and O–H groups in total. The smallest absolute Gasteiger partial charge is 0.353 e. The molecule has 0 spiro atoms. The van der Waals surface area contributed by atoms with Gasteiger partial charge in [0.15, 0.2) is 0 Å². The second kappa shape index (κ2) is 6.97. The lowest BCUT2D eigenvalue weighted by atomic mass is 10.2. The van der Waals surface area contributed by atoms with Crippen LogP contribution < -0.4 is 10.6 Å². The molecule has 3 rings (SSSR count). The molecule has 9 heteroatoms. The van der Waals surface area contributed by atoms with Gasteiger partial charge in [-0.3, -0.25) is 15.1 Å². The molecule has 0 saturated carbocycles. The normalized spacial score (nSPS) is 17.0. The maximum Gasteiger partial charge on any atom is 0.353 e. The Morgan fingerprint density at radius 3 is 2.96 bits per heavy atom. The Labute approximate surface area is 132 Å². The van der Waals surface area contributed by atoms with E-state index in [9.17, 15) is 10.1 Å². The minimum atomic E-state index is -0.503. The van der Waals surface area contributed by atoms with Crippen molar-refractivity contribution in [3.8, 4) is 0 Å². The molecule has 23 heavy (non-hydrogen) atoms. The predicted molar refractivity (Wildman–Crippen MR) is 83.7 cm³/mol. The number of ether oxygens (including phenoxy) is 1. The zero-order chi connectivity index (χ0) is 16.1. The van der Waals surface area contributed by atoms with Crippen molar-refractivity contribution in [1.82, 2.24) is 15.0 Å². The van der Waals surface area contributed by atoms with Crippen molar-refractivity contribution in [3.63, 3.8) is 0 Å². The first-order chi connectivity index (χ1) is 11.2. The number of rotatable bonds is 6. The van der Waals surface area contributed by atoms with Crippen molar-refractivity contribution < 1.29 is 9.66 Å². The number of nitro groups is 1. The van der Waals surface area contributed by atoms with Crippen molar-refractivity contribution in [2.45, 2.75) is 18.9 Å². The molecule has 0 radical (unpaired) electrons.